The molecule has 7 nitrogen and oxygen atoms in total. The quantitative estimate of drug-likeness (QED) is 0.758. The molecule has 1 N–H and O–H groups in total. The van der Waals surface area contributed by atoms with Crippen molar-refractivity contribution < 1.29 is 17.9 Å². The average Bonchev–Trinajstić information content (AvgIpc) is 2.82. The van der Waals surface area contributed by atoms with Gasteiger partial charge in [0, 0.05) is 37.4 Å². The van der Waals surface area contributed by atoms with E-state index in [1.807, 2.05) is 0 Å². The first-order chi connectivity index (χ1) is 12.1. The van der Waals surface area contributed by atoms with Gasteiger partial charge in [0.1, 0.15) is 10.8 Å². The summed E-state index contributed by atoms with van der Waals surface area (Å²) < 4.78 is 32.0. The molecule has 10 heteroatoms. The molecule has 0 aliphatic carbocycles. The Bertz CT molecular complexity index is 1140. The second kappa shape index (κ2) is 6.40. The van der Waals surface area contributed by atoms with Crippen molar-refractivity contribution in [3.8, 4) is 11.1 Å². The summed E-state index contributed by atoms with van der Waals surface area (Å²) in [5.74, 6) is 1.45. The zero-order valence-corrected chi connectivity index (χ0v) is 16.3. The lowest BCUT2D eigenvalue weighted by molar-refractivity contribution is 0.101. The SMILES string of the molecule is COC1CC(=C=O)S(=O)(=O)c2c(Cl)cc(-c3c(C)[nH]n(C)c3=O)c(Cl)c21. The first kappa shape index (κ1) is 18.9. The number of rotatable bonds is 2. The number of sulfone groups is 1. The topological polar surface area (TPSA) is 98.2 Å². The lowest BCUT2D eigenvalue weighted by Crippen LogP contribution is -2.22. The number of nitrogens with one attached hydrogen (secondary N) is 1. The molecule has 1 aromatic heterocycles. The fraction of sp³-hybridized carbons (Fsp3) is 0.312. The molecule has 1 unspecified atom stereocenters. The van der Waals surface area contributed by atoms with Crippen LogP contribution in [0.3, 0.4) is 0 Å². The van der Waals surface area contributed by atoms with Crippen LogP contribution in [0.5, 0.6) is 0 Å². The van der Waals surface area contributed by atoms with Crippen molar-refractivity contribution in [2.75, 3.05) is 7.11 Å². The molecule has 1 aliphatic heterocycles. The van der Waals surface area contributed by atoms with Gasteiger partial charge in [0.2, 0.25) is 9.84 Å². The van der Waals surface area contributed by atoms with Gasteiger partial charge in [-0.25, -0.2) is 13.2 Å². The minimum atomic E-state index is -4.14. The number of benzene rings is 1. The van der Waals surface area contributed by atoms with Crippen LogP contribution in [0.1, 0.15) is 23.8 Å². The highest BCUT2D eigenvalue weighted by Crippen LogP contribution is 2.49. The van der Waals surface area contributed by atoms with Crippen LogP contribution in [0.25, 0.3) is 11.1 Å². The Labute approximate surface area is 159 Å². The molecule has 0 fully saturated rings. The minimum absolute atomic E-state index is 0.0459. The number of aromatic nitrogens is 2. The zero-order chi connectivity index (χ0) is 19.4. The number of carbonyl (C=O) groups excluding carboxylic acids is 1. The number of aryl methyl sites for hydroxylation is 2. The van der Waals surface area contributed by atoms with E-state index in [0.29, 0.717) is 11.3 Å². The number of methoxy groups -OCH3 is 1. The van der Waals surface area contributed by atoms with Gasteiger partial charge < -0.3 is 4.74 Å². The summed E-state index contributed by atoms with van der Waals surface area (Å²) in [6.07, 6.45) is -1.02. The van der Waals surface area contributed by atoms with Crippen LogP contribution < -0.4 is 5.56 Å². The largest absolute Gasteiger partial charge is 0.376 e. The molecule has 2 aromatic rings. The molecule has 138 valence electrons. The molecule has 0 spiro atoms. The van der Waals surface area contributed by atoms with Crippen LogP contribution in [0.15, 0.2) is 20.7 Å². The maximum Gasteiger partial charge on any atom is 0.274 e. The Hall–Kier alpha value is -1.83. The number of fused-ring (bicyclic) bond motifs is 1. The Kier molecular flexibility index (Phi) is 4.67. The summed E-state index contributed by atoms with van der Waals surface area (Å²) in [5, 5.41) is 2.76. The highest BCUT2D eigenvalue weighted by Gasteiger charge is 2.40. The third kappa shape index (κ3) is 2.57. The molecule has 3 rings (SSSR count). The molecule has 1 aromatic carbocycles. The van der Waals surface area contributed by atoms with E-state index >= 15 is 0 Å². The van der Waals surface area contributed by atoms with Crippen molar-refractivity contribution in [3.05, 3.63) is 42.6 Å². The molecule has 1 atom stereocenters. The van der Waals surface area contributed by atoms with Crippen LogP contribution in [0.4, 0.5) is 0 Å². The van der Waals surface area contributed by atoms with E-state index < -0.39 is 20.8 Å². The van der Waals surface area contributed by atoms with Gasteiger partial charge in [-0.15, -0.1) is 0 Å². The van der Waals surface area contributed by atoms with Crippen LogP contribution in [0.2, 0.25) is 10.0 Å². The standard InChI is InChI=1S/C16H14Cl2N2O5S/c1-7-12(16(22)20(2)19-7)9-5-10(17)15-13(14(9)18)11(25-3)4-8(6-21)26(15,23)24/h5,11,19H,4H2,1-3H3. The summed E-state index contributed by atoms with van der Waals surface area (Å²) in [6, 6.07) is 1.32. The monoisotopic (exact) mass is 416 g/mol. The second-order valence-corrected chi connectivity index (χ2v) is 8.59. The maximum atomic E-state index is 12.7. The van der Waals surface area contributed by atoms with Crippen LogP contribution >= 0.6 is 23.2 Å². The highest BCUT2D eigenvalue weighted by molar-refractivity contribution is 7.95. The molecule has 0 bridgehead atoms. The van der Waals surface area contributed by atoms with Crippen molar-refractivity contribution in [1.82, 2.24) is 9.78 Å². The summed E-state index contributed by atoms with van der Waals surface area (Å²) in [7, 11) is -1.22. The van der Waals surface area contributed by atoms with Gasteiger partial charge in [-0.1, -0.05) is 23.2 Å². The molecule has 1 aliphatic rings. The average molecular weight is 417 g/mol. The van der Waals surface area contributed by atoms with Gasteiger partial charge in [-0.3, -0.25) is 14.6 Å². The van der Waals surface area contributed by atoms with E-state index in [4.69, 9.17) is 27.9 Å². The summed E-state index contributed by atoms with van der Waals surface area (Å²) in [6.45, 7) is 1.69. The van der Waals surface area contributed by atoms with Crippen molar-refractivity contribution in [3.63, 3.8) is 0 Å². The fourth-order valence-corrected chi connectivity index (χ4v) is 5.68. The number of aromatic amines is 1. The minimum Gasteiger partial charge on any atom is -0.376 e. The predicted octanol–water partition coefficient (Wildman–Crippen LogP) is 2.58. The number of H-pyrrole nitrogens is 1. The zero-order valence-electron chi connectivity index (χ0n) is 14.0. The first-order valence-electron chi connectivity index (χ1n) is 7.44. The van der Waals surface area contributed by atoms with E-state index in [9.17, 15) is 18.0 Å². The van der Waals surface area contributed by atoms with Crippen LogP contribution in [0, 0.1) is 6.92 Å². The van der Waals surface area contributed by atoms with Gasteiger partial charge in [-0.2, -0.15) is 0 Å². The Balaban J connectivity index is 2.46. The number of ether oxygens (including phenoxy) is 1. The number of hydrogen-bond acceptors (Lipinski definition) is 5. The summed E-state index contributed by atoms with van der Waals surface area (Å²) in [5.41, 5.74) is 0.938. The van der Waals surface area contributed by atoms with Gasteiger partial charge in [-0.05, 0) is 13.0 Å². The maximum absolute atomic E-state index is 12.7. The molecule has 26 heavy (non-hydrogen) atoms. The third-order valence-electron chi connectivity index (χ3n) is 4.39. The molecule has 0 radical (unpaired) electrons. The van der Waals surface area contributed by atoms with Crippen molar-refractivity contribution in [2.45, 2.75) is 24.3 Å². The Morgan fingerprint density at radius 3 is 2.54 bits per heavy atom. The highest BCUT2D eigenvalue weighted by atomic mass is 35.5. The molecule has 0 amide bonds. The Morgan fingerprint density at radius 2 is 2.04 bits per heavy atom. The van der Waals surface area contributed by atoms with Gasteiger partial charge in [0.05, 0.1) is 26.6 Å². The van der Waals surface area contributed by atoms with Crippen molar-refractivity contribution >= 4 is 39.0 Å². The number of hydrogen-bond donors (Lipinski definition) is 1. The number of nitrogens with zero attached hydrogens (tertiary/aromatic N) is 1. The normalized spacial score (nSPS) is 18.5. The van der Waals surface area contributed by atoms with Gasteiger partial charge >= 0.3 is 0 Å². The molecular weight excluding hydrogens is 403 g/mol. The predicted molar refractivity (Wildman–Crippen MR) is 97.0 cm³/mol. The van der Waals surface area contributed by atoms with Crippen LogP contribution in [-0.2, 0) is 26.4 Å². The van der Waals surface area contributed by atoms with Crippen molar-refractivity contribution in [1.29, 1.82) is 0 Å². The molecule has 0 saturated carbocycles. The lowest BCUT2D eigenvalue weighted by Gasteiger charge is -2.27. The third-order valence-corrected chi connectivity index (χ3v) is 7.08. The second-order valence-electron chi connectivity index (χ2n) is 5.90. The van der Waals surface area contributed by atoms with E-state index in [0.717, 1.165) is 0 Å². The van der Waals surface area contributed by atoms with E-state index in [1.165, 1.54) is 23.8 Å². The summed E-state index contributed by atoms with van der Waals surface area (Å²) in [4.78, 5) is 22.8. The van der Waals surface area contributed by atoms with Crippen molar-refractivity contribution in [2.24, 2.45) is 7.05 Å². The van der Waals surface area contributed by atoms with Gasteiger partial charge in [0.15, 0.2) is 0 Å². The fourth-order valence-electron chi connectivity index (χ4n) is 3.18. The van der Waals surface area contributed by atoms with Crippen LogP contribution in [-0.4, -0.2) is 31.2 Å². The van der Waals surface area contributed by atoms with Gasteiger partial charge in [0.25, 0.3) is 5.56 Å². The van der Waals surface area contributed by atoms with E-state index in [2.05, 4.69) is 5.10 Å². The summed E-state index contributed by atoms with van der Waals surface area (Å²) >= 11 is 12.8. The first-order valence-corrected chi connectivity index (χ1v) is 9.68. The molecular formula is C16H14Cl2N2O5S. The number of halogens is 2. The van der Waals surface area contributed by atoms with E-state index in [1.54, 1.807) is 14.0 Å². The Morgan fingerprint density at radius 1 is 1.38 bits per heavy atom. The van der Waals surface area contributed by atoms with E-state index in [-0.39, 0.29) is 38.0 Å². The molecule has 2 heterocycles. The molecule has 0 saturated heterocycles. The smallest absolute Gasteiger partial charge is 0.274 e. The lowest BCUT2D eigenvalue weighted by atomic mass is 9.98.